The fraction of sp³-hybridized carbons (Fsp3) is 0.387. The number of hydrogen-bond acceptors (Lipinski definition) is 4. The zero-order valence-corrected chi connectivity index (χ0v) is 23.0. The van der Waals surface area contributed by atoms with Gasteiger partial charge in [0, 0.05) is 37.8 Å². The molecule has 0 aliphatic heterocycles. The van der Waals surface area contributed by atoms with Crippen molar-refractivity contribution in [3.8, 4) is 0 Å². The van der Waals surface area contributed by atoms with Crippen LogP contribution in [0.25, 0.3) is 0 Å². The maximum Gasteiger partial charge on any atom is 0.251 e. The number of aliphatic hydroxyl groups is 1. The second-order valence-corrected chi connectivity index (χ2v) is 9.58. The fourth-order valence-electron chi connectivity index (χ4n) is 4.05. The number of rotatable bonds is 12. The Hall–Kier alpha value is -3.13. The summed E-state index contributed by atoms with van der Waals surface area (Å²) in [5.41, 5.74) is 6.11. The molecule has 0 radical (unpaired) electrons. The molecule has 3 rings (SSSR count). The van der Waals surface area contributed by atoms with Gasteiger partial charge in [0.15, 0.2) is 0 Å². The Balaban J connectivity index is 0.000000474. The van der Waals surface area contributed by atoms with Crippen molar-refractivity contribution < 1.29 is 18.7 Å². The third kappa shape index (κ3) is 11.9. The van der Waals surface area contributed by atoms with Gasteiger partial charge in [-0.15, -0.1) is 0 Å². The first-order chi connectivity index (χ1) is 18.2. The van der Waals surface area contributed by atoms with E-state index in [2.05, 4.69) is 47.9 Å². The molecule has 0 aliphatic rings. The molecule has 0 spiro atoms. The number of benzene rings is 3. The summed E-state index contributed by atoms with van der Waals surface area (Å²) in [4.78, 5) is 14.5. The SMILES string of the molecule is CCc1cccc(CNCCCNC(=O)c2cc(C)cc(CN(C)CCO)c2)c1.Cc1cc(F)cc(F)c1. The van der Waals surface area contributed by atoms with Gasteiger partial charge in [-0.1, -0.05) is 42.8 Å². The quantitative estimate of drug-likeness (QED) is 0.286. The molecule has 5 nitrogen and oxygen atoms in total. The second kappa shape index (κ2) is 16.7. The molecule has 1 amide bonds. The maximum absolute atomic E-state index is 12.5. The molecule has 0 bridgehead atoms. The van der Waals surface area contributed by atoms with E-state index in [1.165, 1.54) is 23.3 Å². The van der Waals surface area contributed by atoms with E-state index < -0.39 is 11.6 Å². The monoisotopic (exact) mass is 525 g/mol. The lowest BCUT2D eigenvalue weighted by Crippen LogP contribution is -2.27. The van der Waals surface area contributed by atoms with Gasteiger partial charge in [0.05, 0.1) is 6.61 Å². The highest BCUT2D eigenvalue weighted by Gasteiger charge is 2.09. The highest BCUT2D eigenvalue weighted by atomic mass is 19.1. The number of halogens is 2. The summed E-state index contributed by atoms with van der Waals surface area (Å²) < 4.78 is 24.4. The van der Waals surface area contributed by atoms with E-state index in [-0.39, 0.29) is 12.5 Å². The average molecular weight is 526 g/mol. The predicted octanol–water partition coefficient (Wildman–Crippen LogP) is 5.16. The van der Waals surface area contributed by atoms with Crippen LogP contribution in [-0.2, 0) is 19.5 Å². The molecule has 0 aliphatic carbocycles. The Bertz CT molecular complexity index is 1100. The van der Waals surface area contributed by atoms with Crippen molar-refractivity contribution in [2.75, 3.05) is 33.3 Å². The lowest BCUT2D eigenvalue weighted by molar-refractivity contribution is 0.0953. The van der Waals surface area contributed by atoms with E-state index in [4.69, 9.17) is 5.11 Å². The van der Waals surface area contributed by atoms with E-state index >= 15 is 0 Å². The molecule has 206 valence electrons. The van der Waals surface area contributed by atoms with Crippen molar-refractivity contribution in [1.29, 1.82) is 0 Å². The van der Waals surface area contributed by atoms with Gasteiger partial charge in [0.25, 0.3) is 5.91 Å². The largest absolute Gasteiger partial charge is 0.395 e. The highest BCUT2D eigenvalue weighted by Crippen LogP contribution is 2.12. The van der Waals surface area contributed by atoms with Gasteiger partial charge in [-0.05, 0) is 86.8 Å². The standard InChI is InChI=1S/C24H35N3O2.C7H6F2/c1-4-20-7-5-8-21(15-20)17-25-9-6-10-26-24(29)23-14-19(2)13-22(16-23)18-27(3)11-12-28;1-5-2-6(8)4-7(9)3-5/h5,7-8,13-16,25,28H,4,6,9-12,17-18H2,1-3H3,(H,26,29);2-4H,1H3. The van der Waals surface area contributed by atoms with Crippen molar-refractivity contribution in [2.24, 2.45) is 0 Å². The maximum atomic E-state index is 12.5. The third-order valence-electron chi connectivity index (χ3n) is 5.89. The highest BCUT2D eigenvalue weighted by molar-refractivity contribution is 5.94. The van der Waals surface area contributed by atoms with Crippen LogP contribution in [-0.4, -0.2) is 49.2 Å². The summed E-state index contributed by atoms with van der Waals surface area (Å²) in [6.45, 7) is 9.64. The van der Waals surface area contributed by atoms with Crippen molar-refractivity contribution in [1.82, 2.24) is 15.5 Å². The molecule has 0 saturated carbocycles. The van der Waals surface area contributed by atoms with Crippen LogP contribution in [0.3, 0.4) is 0 Å². The molecular weight excluding hydrogens is 484 g/mol. The second-order valence-electron chi connectivity index (χ2n) is 9.58. The number of likely N-dealkylation sites (N-methyl/N-ethyl adjacent to an activating group) is 1. The van der Waals surface area contributed by atoms with Crippen molar-refractivity contribution in [3.05, 3.63) is 106 Å². The lowest BCUT2D eigenvalue weighted by atomic mass is 10.1. The first-order valence-electron chi connectivity index (χ1n) is 13.1. The molecule has 7 heteroatoms. The van der Waals surface area contributed by atoms with Gasteiger partial charge in [-0.25, -0.2) is 8.78 Å². The Morgan fingerprint density at radius 1 is 0.895 bits per heavy atom. The number of nitrogens with zero attached hydrogens (tertiary/aromatic N) is 1. The Morgan fingerprint density at radius 2 is 1.58 bits per heavy atom. The smallest absolute Gasteiger partial charge is 0.251 e. The van der Waals surface area contributed by atoms with E-state index in [1.54, 1.807) is 6.92 Å². The van der Waals surface area contributed by atoms with E-state index in [0.717, 1.165) is 43.1 Å². The summed E-state index contributed by atoms with van der Waals surface area (Å²) in [7, 11) is 1.96. The summed E-state index contributed by atoms with van der Waals surface area (Å²) in [5.74, 6) is -1.07. The van der Waals surface area contributed by atoms with E-state index in [0.29, 0.717) is 30.8 Å². The number of carbonyl (C=O) groups is 1. The third-order valence-corrected chi connectivity index (χ3v) is 5.89. The Kier molecular flexibility index (Phi) is 13.6. The minimum Gasteiger partial charge on any atom is -0.395 e. The van der Waals surface area contributed by atoms with Crippen LogP contribution >= 0.6 is 0 Å². The van der Waals surface area contributed by atoms with Crippen LogP contribution in [0.2, 0.25) is 0 Å². The topological polar surface area (TPSA) is 64.6 Å². The summed E-state index contributed by atoms with van der Waals surface area (Å²) in [5, 5.41) is 15.5. The minimum atomic E-state index is -0.521. The zero-order valence-electron chi connectivity index (χ0n) is 23.0. The summed E-state index contributed by atoms with van der Waals surface area (Å²) in [6, 6.07) is 18.0. The molecule has 0 heterocycles. The average Bonchev–Trinajstić information content (AvgIpc) is 2.85. The molecule has 0 atom stereocenters. The molecular formula is C31H41F2N3O2. The number of aryl methyl sites for hydroxylation is 3. The number of amides is 1. The van der Waals surface area contributed by atoms with Crippen LogP contribution in [0, 0.1) is 25.5 Å². The molecule has 0 fully saturated rings. The normalized spacial score (nSPS) is 10.7. The van der Waals surface area contributed by atoms with E-state index in [1.807, 2.05) is 31.0 Å². The first-order valence-corrected chi connectivity index (χ1v) is 13.1. The van der Waals surface area contributed by atoms with Crippen LogP contribution in [0.4, 0.5) is 8.78 Å². The zero-order chi connectivity index (χ0) is 27.9. The molecule has 3 aromatic carbocycles. The summed E-state index contributed by atoms with van der Waals surface area (Å²) in [6.07, 6.45) is 1.94. The number of aliphatic hydroxyl groups excluding tert-OH is 1. The first kappa shape index (κ1) is 31.1. The van der Waals surface area contributed by atoms with Crippen LogP contribution in [0.1, 0.15) is 51.5 Å². The van der Waals surface area contributed by atoms with Crippen molar-refractivity contribution in [2.45, 2.75) is 46.7 Å². The molecule has 0 saturated heterocycles. The predicted molar refractivity (Wildman–Crippen MR) is 150 cm³/mol. The van der Waals surface area contributed by atoms with Crippen molar-refractivity contribution in [3.63, 3.8) is 0 Å². The lowest BCUT2D eigenvalue weighted by Gasteiger charge is -2.16. The number of nitrogens with one attached hydrogen (secondary N) is 2. The number of hydrogen-bond donors (Lipinski definition) is 3. The fourth-order valence-corrected chi connectivity index (χ4v) is 4.05. The molecule has 38 heavy (non-hydrogen) atoms. The van der Waals surface area contributed by atoms with Crippen molar-refractivity contribution >= 4 is 5.91 Å². The minimum absolute atomic E-state index is 0.0320. The Labute approximate surface area is 225 Å². The van der Waals surface area contributed by atoms with Crippen LogP contribution in [0.5, 0.6) is 0 Å². The van der Waals surface area contributed by atoms with Crippen LogP contribution in [0.15, 0.2) is 60.7 Å². The summed E-state index contributed by atoms with van der Waals surface area (Å²) >= 11 is 0. The van der Waals surface area contributed by atoms with E-state index in [9.17, 15) is 13.6 Å². The number of carbonyl (C=O) groups excluding carboxylic acids is 1. The molecule has 0 unspecified atom stereocenters. The molecule has 0 aromatic heterocycles. The molecule has 3 N–H and O–H groups in total. The molecule has 3 aromatic rings. The van der Waals surface area contributed by atoms with Gasteiger partial charge >= 0.3 is 0 Å². The van der Waals surface area contributed by atoms with Gasteiger partial charge in [-0.3, -0.25) is 9.69 Å². The van der Waals surface area contributed by atoms with Gasteiger partial charge in [0.2, 0.25) is 0 Å². The Morgan fingerprint density at radius 3 is 2.24 bits per heavy atom. The van der Waals surface area contributed by atoms with Gasteiger partial charge in [-0.2, -0.15) is 0 Å². The van der Waals surface area contributed by atoms with Gasteiger partial charge < -0.3 is 15.7 Å². The van der Waals surface area contributed by atoms with Crippen LogP contribution < -0.4 is 10.6 Å². The van der Waals surface area contributed by atoms with Gasteiger partial charge in [0.1, 0.15) is 11.6 Å².